The lowest BCUT2D eigenvalue weighted by Crippen LogP contribution is -2.24. The number of primary sulfonamides is 1. The Kier molecular flexibility index (Phi) is 3.89. The van der Waals surface area contributed by atoms with Crippen LogP contribution in [-0.2, 0) is 10.0 Å². The molecule has 0 bridgehead atoms. The van der Waals surface area contributed by atoms with E-state index >= 15 is 0 Å². The molecule has 17 heavy (non-hydrogen) atoms. The summed E-state index contributed by atoms with van der Waals surface area (Å²) in [5.74, 6) is 1.82. The molecule has 1 aromatic rings. The average Bonchev–Trinajstić information content (AvgIpc) is 2.23. The minimum absolute atomic E-state index is 0.0808. The van der Waals surface area contributed by atoms with Gasteiger partial charge in [0.05, 0.1) is 11.4 Å². The van der Waals surface area contributed by atoms with E-state index in [1.807, 2.05) is 0 Å². The highest BCUT2D eigenvalue weighted by Crippen LogP contribution is 2.13. The van der Waals surface area contributed by atoms with Crippen LogP contribution in [0.2, 0.25) is 0 Å². The van der Waals surface area contributed by atoms with Crippen molar-refractivity contribution >= 4 is 15.9 Å². The Hall–Kier alpha value is -1.84. The molecule has 1 rings (SSSR count). The monoisotopic (exact) mass is 252 g/mol. The van der Waals surface area contributed by atoms with Gasteiger partial charge in [-0.05, 0) is 30.7 Å². The first-order valence-corrected chi connectivity index (χ1v) is 6.25. The molecule has 0 aliphatic carbocycles. The second kappa shape index (κ2) is 4.99. The molecule has 0 saturated carbocycles. The molecule has 0 saturated heterocycles. The molecule has 0 unspecified atom stereocenters. The molecule has 1 aromatic carbocycles. The van der Waals surface area contributed by atoms with Gasteiger partial charge in [0.2, 0.25) is 10.0 Å². The molecule has 0 aliphatic heterocycles. The van der Waals surface area contributed by atoms with Gasteiger partial charge < -0.3 is 5.32 Å². The van der Waals surface area contributed by atoms with Crippen LogP contribution in [0, 0.1) is 19.3 Å². The number of rotatable bonds is 3. The Labute approximate surface area is 100 Å². The number of hydrogen-bond donors (Lipinski definition) is 2. The minimum Gasteiger partial charge on any atom is -0.341 e. The summed E-state index contributed by atoms with van der Waals surface area (Å²) in [6.45, 7) is 1.75. The highest BCUT2D eigenvalue weighted by atomic mass is 32.2. The quantitative estimate of drug-likeness (QED) is 0.742. The van der Waals surface area contributed by atoms with Crippen LogP contribution in [0.5, 0.6) is 0 Å². The van der Waals surface area contributed by atoms with Crippen LogP contribution in [0.3, 0.4) is 0 Å². The van der Waals surface area contributed by atoms with Crippen LogP contribution in [0.15, 0.2) is 23.1 Å². The number of sulfonamides is 1. The standard InChI is InChI=1S/C11H12N2O3S/c1-3-4-13-11(14)9-5-8(2)6-10(7-9)17(12,15)16/h1,5-7H,4H2,2H3,(H,13,14)(H2,12,15,16). The smallest absolute Gasteiger partial charge is 0.252 e. The van der Waals surface area contributed by atoms with Crippen LogP contribution in [0.1, 0.15) is 15.9 Å². The maximum absolute atomic E-state index is 11.6. The third-order valence-corrected chi connectivity index (χ3v) is 2.89. The van der Waals surface area contributed by atoms with E-state index in [2.05, 4.69) is 11.2 Å². The molecule has 5 nitrogen and oxygen atoms in total. The molecule has 0 aliphatic rings. The van der Waals surface area contributed by atoms with Gasteiger partial charge in [-0.15, -0.1) is 6.42 Å². The van der Waals surface area contributed by atoms with Crippen molar-refractivity contribution in [3.8, 4) is 12.3 Å². The van der Waals surface area contributed by atoms with Crippen molar-refractivity contribution in [1.29, 1.82) is 0 Å². The van der Waals surface area contributed by atoms with Gasteiger partial charge in [0.1, 0.15) is 0 Å². The number of hydrogen-bond acceptors (Lipinski definition) is 3. The summed E-state index contributed by atoms with van der Waals surface area (Å²) < 4.78 is 22.4. The van der Waals surface area contributed by atoms with E-state index in [1.54, 1.807) is 13.0 Å². The zero-order valence-electron chi connectivity index (χ0n) is 9.23. The fourth-order valence-corrected chi connectivity index (χ4v) is 1.92. The van der Waals surface area contributed by atoms with Gasteiger partial charge in [0.25, 0.3) is 5.91 Å². The van der Waals surface area contributed by atoms with Crippen LogP contribution in [0.4, 0.5) is 0 Å². The molecule has 6 heteroatoms. The van der Waals surface area contributed by atoms with E-state index < -0.39 is 15.9 Å². The molecule has 0 atom stereocenters. The zero-order valence-corrected chi connectivity index (χ0v) is 10.0. The second-order valence-corrected chi connectivity index (χ2v) is 5.03. The van der Waals surface area contributed by atoms with E-state index in [-0.39, 0.29) is 17.0 Å². The third-order valence-electron chi connectivity index (χ3n) is 1.99. The molecule has 0 heterocycles. The predicted molar refractivity (Wildman–Crippen MR) is 63.7 cm³/mol. The fourth-order valence-electron chi connectivity index (χ4n) is 1.28. The Bertz CT molecular complexity index is 585. The lowest BCUT2D eigenvalue weighted by Gasteiger charge is -2.05. The Morgan fingerprint density at radius 3 is 2.65 bits per heavy atom. The first-order valence-electron chi connectivity index (χ1n) is 4.71. The molecule has 90 valence electrons. The van der Waals surface area contributed by atoms with Gasteiger partial charge in [0, 0.05) is 5.56 Å². The Morgan fingerprint density at radius 2 is 2.12 bits per heavy atom. The fraction of sp³-hybridized carbons (Fsp3) is 0.182. The number of carbonyl (C=O) groups is 1. The van der Waals surface area contributed by atoms with Crippen molar-refractivity contribution < 1.29 is 13.2 Å². The number of benzene rings is 1. The normalized spacial score (nSPS) is 10.6. The van der Waals surface area contributed by atoms with Crippen LogP contribution >= 0.6 is 0 Å². The van der Waals surface area contributed by atoms with Gasteiger partial charge >= 0.3 is 0 Å². The molecule has 0 radical (unpaired) electrons. The van der Waals surface area contributed by atoms with Crippen molar-refractivity contribution in [3.63, 3.8) is 0 Å². The SMILES string of the molecule is C#CCNC(=O)c1cc(C)cc(S(N)(=O)=O)c1. The van der Waals surface area contributed by atoms with Crippen LogP contribution in [0.25, 0.3) is 0 Å². The van der Waals surface area contributed by atoms with Gasteiger partial charge in [0.15, 0.2) is 0 Å². The maximum atomic E-state index is 11.6. The summed E-state index contributed by atoms with van der Waals surface area (Å²) in [4.78, 5) is 11.5. The van der Waals surface area contributed by atoms with E-state index in [9.17, 15) is 13.2 Å². The number of carbonyl (C=O) groups excluding carboxylic acids is 1. The summed E-state index contributed by atoms with van der Waals surface area (Å²) in [5.41, 5.74) is 0.839. The number of nitrogens with one attached hydrogen (secondary N) is 1. The van der Waals surface area contributed by atoms with E-state index in [0.29, 0.717) is 5.56 Å². The largest absolute Gasteiger partial charge is 0.341 e. The predicted octanol–water partition coefficient (Wildman–Crippen LogP) is 0.00542. The summed E-state index contributed by atoms with van der Waals surface area (Å²) in [6.07, 6.45) is 5.00. The number of amides is 1. The highest BCUT2D eigenvalue weighted by molar-refractivity contribution is 7.89. The highest BCUT2D eigenvalue weighted by Gasteiger charge is 2.13. The van der Waals surface area contributed by atoms with Gasteiger partial charge in [-0.3, -0.25) is 4.79 Å². The number of nitrogens with two attached hydrogens (primary N) is 1. The molecular formula is C11H12N2O3S. The topological polar surface area (TPSA) is 89.3 Å². The Morgan fingerprint density at radius 1 is 1.47 bits per heavy atom. The van der Waals surface area contributed by atoms with Crippen molar-refractivity contribution in [2.24, 2.45) is 5.14 Å². The third kappa shape index (κ3) is 3.59. The van der Waals surface area contributed by atoms with Crippen molar-refractivity contribution in [2.75, 3.05) is 6.54 Å². The summed E-state index contributed by atoms with van der Waals surface area (Å²) in [5, 5.41) is 7.45. The lowest BCUT2D eigenvalue weighted by atomic mass is 10.1. The molecule has 0 fully saturated rings. The van der Waals surface area contributed by atoms with E-state index in [1.165, 1.54) is 12.1 Å². The lowest BCUT2D eigenvalue weighted by molar-refractivity contribution is 0.0958. The van der Waals surface area contributed by atoms with Crippen molar-refractivity contribution in [1.82, 2.24) is 5.32 Å². The number of terminal acetylenes is 1. The van der Waals surface area contributed by atoms with E-state index in [0.717, 1.165) is 0 Å². The van der Waals surface area contributed by atoms with Crippen molar-refractivity contribution in [3.05, 3.63) is 29.3 Å². The van der Waals surface area contributed by atoms with Crippen LogP contribution < -0.4 is 10.5 Å². The summed E-state index contributed by atoms with van der Waals surface area (Å²) >= 11 is 0. The zero-order chi connectivity index (χ0) is 13.1. The van der Waals surface area contributed by atoms with Gasteiger partial charge in [-0.1, -0.05) is 5.92 Å². The summed E-state index contributed by atoms with van der Waals surface area (Å²) in [7, 11) is -3.82. The first-order chi connectivity index (χ1) is 7.84. The molecule has 0 aromatic heterocycles. The van der Waals surface area contributed by atoms with Crippen molar-refractivity contribution in [2.45, 2.75) is 11.8 Å². The second-order valence-electron chi connectivity index (χ2n) is 3.47. The van der Waals surface area contributed by atoms with Gasteiger partial charge in [-0.2, -0.15) is 0 Å². The maximum Gasteiger partial charge on any atom is 0.252 e. The van der Waals surface area contributed by atoms with Crippen LogP contribution in [-0.4, -0.2) is 20.9 Å². The molecular weight excluding hydrogens is 240 g/mol. The first kappa shape index (κ1) is 13.2. The molecule has 1 amide bonds. The minimum atomic E-state index is -3.82. The van der Waals surface area contributed by atoms with E-state index in [4.69, 9.17) is 11.6 Å². The number of aryl methyl sites for hydroxylation is 1. The molecule has 3 N–H and O–H groups in total. The van der Waals surface area contributed by atoms with Gasteiger partial charge in [-0.25, -0.2) is 13.6 Å². The molecule has 0 spiro atoms. The average molecular weight is 252 g/mol. The Balaban J connectivity index is 3.15. The summed E-state index contributed by atoms with van der Waals surface area (Å²) in [6, 6.07) is 4.17.